The average Bonchev–Trinajstić information content (AvgIpc) is 2.41. The van der Waals surface area contributed by atoms with Crippen molar-refractivity contribution in [1.29, 1.82) is 0 Å². The topological polar surface area (TPSA) is 66.8 Å². The van der Waals surface area contributed by atoms with Gasteiger partial charge in [0.05, 0.1) is 0 Å². The zero-order chi connectivity index (χ0) is 11.6. The summed E-state index contributed by atoms with van der Waals surface area (Å²) in [7, 11) is -4.47. The van der Waals surface area contributed by atoms with Gasteiger partial charge in [0.2, 0.25) is 0 Å². The molecule has 0 atom stereocenters. The first-order valence-corrected chi connectivity index (χ1v) is 6.63. The second-order valence-electron chi connectivity index (χ2n) is 3.70. The Labute approximate surface area is 93.8 Å². The van der Waals surface area contributed by atoms with Gasteiger partial charge in [-0.2, -0.15) is 0 Å². The second-order valence-corrected chi connectivity index (χ2v) is 4.86. The first-order valence-electron chi connectivity index (χ1n) is 5.10. The Balaban J connectivity index is 2.40. The van der Waals surface area contributed by atoms with Gasteiger partial charge < -0.3 is 4.52 Å². The molecule has 0 amide bonds. The number of phosphoric acid groups is 1. The van der Waals surface area contributed by atoms with Crippen molar-refractivity contribution in [3.05, 3.63) is 35.4 Å². The monoisotopic (exact) mass is 240 g/mol. The molecule has 86 valence electrons. The minimum absolute atomic E-state index is 0.289. The number of rotatable bonds is 2. The number of fused-ring (bicyclic) bond motifs is 1. The van der Waals surface area contributed by atoms with Crippen LogP contribution in [0.5, 0.6) is 5.75 Å². The Hall–Kier alpha value is -1.09. The van der Waals surface area contributed by atoms with E-state index in [4.69, 9.17) is 9.79 Å². The van der Waals surface area contributed by atoms with Crippen molar-refractivity contribution in [2.45, 2.75) is 19.3 Å². The summed E-state index contributed by atoms with van der Waals surface area (Å²) in [6.07, 6.45) is 6.75. The lowest BCUT2D eigenvalue weighted by atomic mass is 10.0. The highest BCUT2D eigenvalue weighted by Gasteiger charge is 2.19. The molecule has 2 rings (SSSR count). The molecule has 0 saturated carbocycles. The maximum Gasteiger partial charge on any atom is 0.524 e. The SMILES string of the molecule is O=P(O)(O)Oc1cccc2c1CCCC=C2. The van der Waals surface area contributed by atoms with E-state index < -0.39 is 7.82 Å². The van der Waals surface area contributed by atoms with Gasteiger partial charge in [0.25, 0.3) is 0 Å². The molecule has 5 heteroatoms. The van der Waals surface area contributed by atoms with Gasteiger partial charge in [0.1, 0.15) is 5.75 Å². The highest BCUT2D eigenvalue weighted by molar-refractivity contribution is 7.46. The molecule has 16 heavy (non-hydrogen) atoms. The van der Waals surface area contributed by atoms with Crippen molar-refractivity contribution in [2.24, 2.45) is 0 Å². The molecule has 0 aromatic heterocycles. The predicted molar refractivity (Wildman–Crippen MR) is 61.1 cm³/mol. The first-order chi connectivity index (χ1) is 7.56. The van der Waals surface area contributed by atoms with Gasteiger partial charge in [-0.1, -0.05) is 24.3 Å². The number of hydrogen-bond donors (Lipinski definition) is 2. The molecule has 1 aliphatic carbocycles. The Kier molecular flexibility index (Phi) is 3.15. The molecule has 0 radical (unpaired) electrons. The van der Waals surface area contributed by atoms with E-state index in [0.29, 0.717) is 0 Å². The number of benzene rings is 1. The van der Waals surface area contributed by atoms with E-state index in [9.17, 15) is 4.57 Å². The van der Waals surface area contributed by atoms with Crippen molar-refractivity contribution in [3.63, 3.8) is 0 Å². The molecule has 1 aromatic rings. The smallest absolute Gasteiger partial charge is 0.404 e. The third-order valence-electron chi connectivity index (χ3n) is 2.48. The molecule has 4 nitrogen and oxygen atoms in total. The summed E-state index contributed by atoms with van der Waals surface area (Å²) in [4.78, 5) is 17.6. The van der Waals surface area contributed by atoms with Crippen LogP contribution in [0.2, 0.25) is 0 Å². The summed E-state index contributed by atoms with van der Waals surface area (Å²) in [6.45, 7) is 0. The van der Waals surface area contributed by atoms with Gasteiger partial charge in [0.15, 0.2) is 0 Å². The second kappa shape index (κ2) is 4.42. The lowest BCUT2D eigenvalue weighted by molar-refractivity contribution is 0.282. The molecule has 2 N–H and O–H groups in total. The van der Waals surface area contributed by atoms with Gasteiger partial charge in [0, 0.05) is 5.56 Å². The molecule has 0 fully saturated rings. The third-order valence-corrected chi connectivity index (χ3v) is 2.92. The van der Waals surface area contributed by atoms with Crippen molar-refractivity contribution in [2.75, 3.05) is 0 Å². The third kappa shape index (κ3) is 2.73. The lowest BCUT2D eigenvalue weighted by Crippen LogP contribution is -1.97. The zero-order valence-electron chi connectivity index (χ0n) is 8.67. The molecular weight excluding hydrogens is 227 g/mol. The van der Waals surface area contributed by atoms with Crippen molar-refractivity contribution >= 4 is 13.9 Å². The van der Waals surface area contributed by atoms with Crippen molar-refractivity contribution < 1.29 is 18.9 Å². The largest absolute Gasteiger partial charge is 0.524 e. The molecule has 1 aliphatic rings. The van der Waals surface area contributed by atoms with E-state index in [1.165, 1.54) is 0 Å². The minimum atomic E-state index is -4.47. The molecule has 0 bridgehead atoms. The maximum atomic E-state index is 10.8. The Morgan fingerprint density at radius 1 is 1.31 bits per heavy atom. The Morgan fingerprint density at radius 2 is 2.12 bits per heavy atom. The molecule has 0 spiro atoms. The van der Waals surface area contributed by atoms with Crippen LogP contribution in [0.4, 0.5) is 0 Å². The van der Waals surface area contributed by atoms with Gasteiger partial charge >= 0.3 is 7.82 Å². The van der Waals surface area contributed by atoms with Crippen LogP contribution in [-0.2, 0) is 11.0 Å². The van der Waals surface area contributed by atoms with Crippen molar-refractivity contribution in [3.8, 4) is 5.75 Å². The molecule has 0 saturated heterocycles. The van der Waals surface area contributed by atoms with E-state index in [1.807, 2.05) is 12.1 Å². The van der Waals surface area contributed by atoms with Crippen LogP contribution in [0.1, 0.15) is 24.0 Å². The van der Waals surface area contributed by atoms with Crippen molar-refractivity contribution in [1.82, 2.24) is 0 Å². The van der Waals surface area contributed by atoms with E-state index in [2.05, 4.69) is 10.6 Å². The summed E-state index contributed by atoms with van der Waals surface area (Å²) in [5.41, 5.74) is 1.85. The van der Waals surface area contributed by atoms with E-state index in [1.54, 1.807) is 12.1 Å². The lowest BCUT2D eigenvalue weighted by Gasteiger charge is -2.13. The standard InChI is InChI=1S/C11H13O4P/c12-16(13,14)15-11-8-4-6-9-5-2-1-3-7-10(9)11/h2,4-6,8H,1,3,7H2,(H2,12,13,14). The quantitative estimate of drug-likeness (QED) is 0.779. The van der Waals surface area contributed by atoms with Crippen LogP contribution in [0.15, 0.2) is 24.3 Å². The summed E-state index contributed by atoms with van der Waals surface area (Å²) >= 11 is 0. The molecular formula is C11H13O4P. The normalized spacial score (nSPS) is 15.4. The molecule has 0 unspecified atom stereocenters. The molecule has 0 heterocycles. The Bertz CT molecular complexity index is 461. The number of phosphoric ester groups is 1. The minimum Gasteiger partial charge on any atom is -0.404 e. The summed E-state index contributed by atoms with van der Waals surface area (Å²) in [5.74, 6) is 0.289. The zero-order valence-corrected chi connectivity index (χ0v) is 9.56. The summed E-state index contributed by atoms with van der Waals surface area (Å²) in [5, 5.41) is 0. The van der Waals surface area contributed by atoms with E-state index in [0.717, 1.165) is 30.4 Å². The van der Waals surface area contributed by atoms with Gasteiger partial charge in [-0.3, -0.25) is 9.79 Å². The fourth-order valence-electron chi connectivity index (χ4n) is 1.83. The average molecular weight is 240 g/mol. The van der Waals surface area contributed by atoms with Gasteiger partial charge in [-0.15, -0.1) is 0 Å². The van der Waals surface area contributed by atoms with Gasteiger partial charge in [-0.05, 0) is 30.9 Å². The number of hydrogen-bond acceptors (Lipinski definition) is 2. The summed E-state index contributed by atoms with van der Waals surface area (Å²) in [6, 6.07) is 5.25. The maximum absolute atomic E-state index is 10.8. The van der Waals surface area contributed by atoms with E-state index >= 15 is 0 Å². The number of allylic oxidation sites excluding steroid dienone is 1. The van der Waals surface area contributed by atoms with Gasteiger partial charge in [-0.25, -0.2) is 4.57 Å². The van der Waals surface area contributed by atoms with Crippen LogP contribution in [0.25, 0.3) is 6.08 Å². The van der Waals surface area contributed by atoms with Crippen LogP contribution >= 0.6 is 7.82 Å². The van der Waals surface area contributed by atoms with Crippen LogP contribution in [-0.4, -0.2) is 9.79 Å². The fourth-order valence-corrected chi connectivity index (χ4v) is 2.25. The van der Waals surface area contributed by atoms with Crippen LogP contribution in [0.3, 0.4) is 0 Å². The molecule has 1 aromatic carbocycles. The Morgan fingerprint density at radius 3 is 2.88 bits per heavy atom. The highest BCUT2D eigenvalue weighted by Crippen LogP contribution is 2.40. The van der Waals surface area contributed by atoms with Crippen LogP contribution in [0, 0.1) is 0 Å². The van der Waals surface area contributed by atoms with Crippen LogP contribution < -0.4 is 4.52 Å². The highest BCUT2D eigenvalue weighted by atomic mass is 31.2. The fraction of sp³-hybridized carbons (Fsp3) is 0.273. The predicted octanol–water partition coefficient (Wildman–Crippen LogP) is 2.51. The van der Waals surface area contributed by atoms with E-state index in [-0.39, 0.29) is 5.75 Å². The summed E-state index contributed by atoms with van der Waals surface area (Å²) < 4.78 is 15.5. The molecule has 0 aliphatic heterocycles. The first kappa shape index (κ1) is 11.4.